The van der Waals surface area contributed by atoms with E-state index < -0.39 is 0 Å². The van der Waals surface area contributed by atoms with Gasteiger partial charge in [0.05, 0.1) is 17.1 Å². The number of amides is 1. The van der Waals surface area contributed by atoms with E-state index in [1.165, 1.54) is 17.8 Å². The molecule has 0 radical (unpaired) electrons. The number of carbonyl (C=O) groups excluding carboxylic acids is 1. The van der Waals surface area contributed by atoms with Gasteiger partial charge >= 0.3 is 0 Å². The second kappa shape index (κ2) is 8.75. The molecular weight excluding hydrogens is 385 g/mol. The summed E-state index contributed by atoms with van der Waals surface area (Å²) in [6.07, 6.45) is 1.80. The molecule has 1 amide bonds. The maximum absolute atomic E-state index is 14.4. The summed E-state index contributed by atoms with van der Waals surface area (Å²) in [5.41, 5.74) is 2.78. The first-order valence-electron chi connectivity index (χ1n) is 9.08. The van der Waals surface area contributed by atoms with Gasteiger partial charge in [-0.25, -0.2) is 9.37 Å². The lowest BCUT2D eigenvalue weighted by Gasteiger charge is -2.08. The smallest absolute Gasteiger partial charge is 0.234 e. The topological polar surface area (TPSA) is 46.9 Å². The number of thioether (sulfide) groups is 1. The lowest BCUT2D eigenvalue weighted by Crippen LogP contribution is -2.14. The highest BCUT2D eigenvalue weighted by atomic mass is 32.2. The van der Waals surface area contributed by atoms with Gasteiger partial charge in [-0.2, -0.15) is 0 Å². The molecule has 1 heterocycles. The van der Waals surface area contributed by atoms with E-state index in [1.54, 1.807) is 29.0 Å². The fourth-order valence-corrected chi connectivity index (χ4v) is 3.67. The van der Waals surface area contributed by atoms with Gasteiger partial charge in [0.2, 0.25) is 5.91 Å². The van der Waals surface area contributed by atoms with Crippen LogP contribution in [0.25, 0.3) is 16.9 Å². The second-order valence-corrected chi connectivity index (χ2v) is 7.24. The van der Waals surface area contributed by atoms with Gasteiger partial charge in [-0.3, -0.25) is 9.36 Å². The summed E-state index contributed by atoms with van der Waals surface area (Å²) in [5.74, 6) is -0.333. The number of nitrogens with one attached hydrogen (secondary N) is 1. The van der Waals surface area contributed by atoms with E-state index in [2.05, 4.69) is 10.3 Å². The van der Waals surface area contributed by atoms with E-state index in [1.807, 2.05) is 60.7 Å². The van der Waals surface area contributed by atoms with E-state index in [9.17, 15) is 9.18 Å². The number of anilines is 1. The molecule has 3 aromatic carbocycles. The van der Waals surface area contributed by atoms with Gasteiger partial charge in [0.15, 0.2) is 5.16 Å². The molecule has 0 saturated heterocycles. The van der Waals surface area contributed by atoms with Gasteiger partial charge in [0.1, 0.15) is 5.82 Å². The molecule has 4 nitrogen and oxygen atoms in total. The van der Waals surface area contributed by atoms with Crippen molar-refractivity contribution in [2.75, 3.05) is 11.1 Å². The standard InChI is InChI=1S/C23H18FN3OS/c24-19-13-7-8-14-21(19)27-15-20(17-9-3-1-4-10-17)26-23(27)29-16-22(28)25-18-11-5-2-6-12-18/h1-15H,16H2,(H,25,28). The SMILES string of the molecule is O=C(CSc1nc(-c2ccccc2)cn1-c1ccccc1F)Nc1ccccc1. The van der Waals surface area contributed by atoms with Crippen molar-refractivity contribution in [2.24, 2.45) is 0 Å². The van der Waals surface area contributed by atoms with Crippen molar-refractivity contribution in [1.29, 1.82) is 0 Å². The minimum absolute atomic E-state index is 0.148. The summed E-state index contributed by atoms with van der Waals surface area (Å²) in [5, 5.41) is 3.40. The molecular formula is C23H18FN3OS. The molecule has 0 atom stereocenters. The van der Waals surface area contributed by atoms with Crippen molar-refractivity contribution in [3.8, 4) is 16.9 Å². The van der Waals surface area contributed by atoms with Gasteiger partial charge in [0, 0.05) is 17.4 Å². The van der Waals surface area contributed by atoms with E-state index in [4.69, 9.17) is 0 Å². The van der Waals surface area contributed by atoms with Gasteiger partial charge in [-0.1, -0.05) is 72.4 Å². The van der Waals surface area contributed by atoms with Crippen molar-refractivity contribution >= 4 is 23.4 Å². The van der Waals surface area contributed by atoms with Crippen LogP contribution in [0, 0.1) is 5.82 Å². The zero-order valence-corrected chi connectivity index (χ0v) is 16.3. The van der Waals surface area contributed by atoms with Crippen LogP contribution >= 0.6 is 11.8 Å². The average Bonchev–Trinajstić information content (AvgIpc) is 3.18. The number of hydrogen-bond donors (Lipinski definition) is 1. The predicted octanol–water partition coefficient (Wildman–Crippen LogP) is 5.41. The summed E-state index contributed by atoms with van der Waals surface area (Å²) in [7, 11) is 0. The van der Waals surface area contributed by atoms with Crippen LogP contribution < -0.4 is 5.32 Å². The highest BCUT2D eigenvalue weighted by molar-refractivity contribution is 7.99. The molecule has 0 fully saturated rings. The molecule has 0 aliphatic carbocycles. The summed E-state index contributed by atoms with van der Waals surface area (Å²) in [6.45, 7) is 0. The number of imidazole rings is 1. The zero-order valence-electron chi connectivity index (χ0n) is 15.5. The van der Waals surface area contributed by atoms with Crippen LogP contribution in [0.1, 0.15) is 0 Å². The van der Waals surface area contributed by atoms with Gasteiger partial charge < -0.3 is 5.32 Å². The number of aromatic nitrogens is 2. The molecule has 0 aliphatic heterocycles. The van der Waals surface area contributed by atoms with Gasteiger partial charge in [0.25, 0.3) is 0 Å². The third kappa shape index (κ3) is 4.55. The first-order chi connectivity index (χ1) is 14.2. The molecule has 6 heteroatoms. The van der Waals surface area contributed by atoms with Crippen molar-refractivity contribution in [3.05, 3.63) is 96.9 Å². The fraction of sp³-hybridized carbons (Fsp3) is 0.0435. The summed E-state index contributed by atoms with van der Waals surface area (Å²) in [4.78, 5) is 17.0. The van der Waals surface area contributed by atoms with Crippen LogP contribution in [0.3, 0.4) is 0 Å². The van der Waals surface area contributed by atoms with Gasteiger partial charge in [-0.05, 0) is 24.3 Å². The second-order valence-electron chi connectivity index (χ2n) is 6.30. The molecule has 0 spiro atoms. The Kier molecular flexibility index (Phi) is 5.72. The highest BCUT2D eigenvalue weighted by Gasteiger charge is 2.15. The Morgan fingerprint density at radius 3 is 2.31 bits per heavy atom. The Bertz CT molecular complexity index is 1110. The van der Waals surface area contributed by atoms with Crippen LogP contribution in [-0.2, 0) is 4.79 Å². The number of halogens is 1. The Hall–Kier alpha value is -3.38. The molecule has 0 bridgehead atoms. The molecule has 1 aromatic heterocycles. The highest BCUT2D eigenvalue weighted by Crippen LogP contribution is 2.28. The maximum atomic E-state index is 14.4. The maximum Gasteiger partial charge on any atom is 0.234 e. The molecule has 29 heavy (non-hydrogen) atoms. The van der Waals surface area contributed by atoms with Crippen LogP contribution in [0.4, 0.5) is 10.1 Å². The van der Waals surface area contributed by atoms with E-state index >= 15 is 0 Å². The summed E-state index contributed by atoms with van der Waals surface area (Å²) < 4.78 is 16.1. The van der Waals surface area contributed by atoms with Crippen LogP contribution in [-0.4, -0.2) is 21.2 Å². The van der Waals surface area contributed by atoms with Crippen LogP contribution in [0.15, 0.2) is 96.3 Å². The van der Waals surface area contributed by atoms with Crippen molar-refractivity contribution in [1.82, 2.24) is 9.55 Å². The fourth-order valence-electron chi connectivity index (χ4n) is 2.88. The van der Waals surface area contributed by atoms with E-state index in [-0.39, 0.29) is 17.5 Å². The Morgan fingerprint density at radius 2 is 1.59 bits per heavy atom. The Labute approximate surface area is 172 Å². The summed E-state index contributed by atoms with van der Waals surface area (Å²) >= 11 is 1.27. The number of para-hydroxylation sites is 2. The lowest BCUT2D eigenvalue weighted by atomic mass is 10.2. The summed E-state index contributed by atoms with van der Waals surface area (Å²) in [6, 6.07) is 25.5. The zero-order chi connectivity index (χ0) is 20.1. The molecule has 0 unspecified atom stereocenters. The monoisotopic (exact) mass is 403 g/mol. The first-order valence-corrected chi connectivity index (χ1v) is 10.1. The van der Waals surface area contributed by atoms with E-state index in [0.29, 0.717) is 10.8 Å². The van der Waals surface area contributed by atoms with Crippen molar-refractivity contribution < 1.29 is 9.18 Å². The number of hydrogen-bond acceptors (Lipinski definition) is 3. The van der Waals surface area contributed by atoms with Crippen LogP contribution in [0.2, 0.25) is 0 Å². The normalized spacial score (nSPS) is 10.7. The minimum Gasteiger partial charge on any atom is -0.325 e. The van der Waals surface area contributed by atoms with Gasteiger partial charge in [-0.15, -0.1) is 0 Å². The Balaban J connectivity index is 1.60. The molecule has 0 saturated carbocycles. The van der Waals surface area contributed by atoms with Crippen LogP contribution in [0.5, 0.6) is 0 Å². The number of rotatable bonds is 6. The third-order valence-electron chi connectivity index (χ3n) is 4.25. The largest absolute Gasteiger partial charge is 0.325 e. The number of nitrogens with zero attached hydrogens (tertiary/aromatic N) is 2. The lowest BCUT2D eigenvalue weighted by molar-refractivity contribution is -0.113. The number of benzene rings is 3. The van der Waals surface area contributed by atoms with Crippen molar-refractivity contribution in [2.45, 2.75) is 5.16 Å². The van der Waals surface area contributed by atoms with Crippen molar-refractivity contribution in [3.63, 3.8) is 0 Å². The molecule has 0 aliphatic rings. The predicted molar refractivity (Wildman–Crippen MR) is 115 cm³/mol. The molecule has 144 valence electrons. The minimum atomic E-state index is -0.347. The first kappa shape index (κ1) is 19.0. The molecule has 4 aromatic rings. The molecule has 1 N–H and O–H groups in total. The quantitative estimate of drug-likeness (QED) is 0.438. The Morgan fingerprint density at radius 1 is 0.931 bits per heavy atom. The average molecular weight is 403 g/mol. The number of carbonyl (C=O) groups is 1. The molecule has 4 rings (SSSR count). The van der Waals surface area contributed by atoms with E-state index in [0.717, 1.165) is 16.9 Å². The third-order valence-corrected chi connectivity index (χ3v) is 5.20.